The number of aromatic nitrogens is 2. The Morgan fingerprint density at radius 1 is 1.19 bits per heavy atom. The number of nitrogens with zero attached hydrogens (tertiary/aromatic N) is 2. The SMILES string of the molecule is Cc1[nH]c(SCC(=O)Nc2ccc(C#N)cc2)nc1Cc1ccccc1. The van der Waals surface area contributed by atoms with Gasteiger partial charge in [-0.25, -0.2) is 4.98 Å². The van der Waals surface area contributed by atoms with Crippen molar-refractivity contribution < 1.29 is 4.79 Å². The van der Waals surface area contributed by atoms with Crippen LogP contribution in [0.4, 0.5) is 5.69 Å². The molecule has 3 rings (SSSR count). The molecular weight excluding hydrogens is 344 g/mol. The Hall–Kier alpha value is -3.04. The summed E-state index contributed by atoms with van der Waals surface area (Å²) in [6.45, 7) is 1.99. The first kappa shape index (κ1) is 17.8. The van der Waals surface area contributed by atoms with Gasteiger partial charge in [0, 0.05) is 17.8 Å². The second kappa shape index (κ2) is 8.37. The number of hydrogen-bond donors (Lipinski definition) is 2. The summed E-state index contributed by atoms with van der Waals surface area (Å²) in [4.78, 5) is 19.9. The molecule has 0 saturated heterocycles. The van der Waals surface area contributed by atoms with Crippen molar-refractivity contribution in [1.82, 2.24) is 9.97 Å². The Balaban J connectivity index is 1.55. The minimum atomic E-state index is -0.113. The fourth-order valence-corrected chi connectivity index (χ4v) is 3.20. The monoisotopic (exact) mass is 362 g/mol. The number of thioether (sulfide) groups is 1. The van der Waals surface area contributed by atoms with Crippen molar-refractivity contribution in [3.05, 3.63) is 77.1 Å². The number of rotatable bonds is 6. The van der Waals surface area contributed by atoms with Gasteiger partial charge in [-0.05, 0) is 36.8 Å². The highest BCUT2D eigenvalue weighted by Crippen LogP contribution is 2.19. The number of amides is 1. The molecule has 26 heavy (non-hydrogen) atoms. The van der Waals surface area contributed by atoms with Gasteiger partial charge in [0.05, 0.1) is 23.1 Å². The van der Waals surface area contributed by atoms with Crippen LogP contribution in [0.15, 0.2) is 59.8 Å². The van der Waals surface area contributed by atoms with Crippen LogP contribution < -0.4 is 5.32 Å². The van der Waals surface area contributed by atoms with Crippen molar-refractivity contribution >= 4 is 23.4 Å². The zero-order valence-electron chi connectivity index (χ0n) is 14.3. The summed E-state index contributed by atoms with van der Waals surface area (Å²) in [5.74, 6) is 0.149. The third-order valence-electron chi connectivity index (χ3n) is 3.82. The molecule has 2 N–H and O–H groups in total. The number of nitrogens with one attached hydrogen (secondary N) is 2. The molecule has 1 aromatic heterocycles. The van der Waals surface area contributed by atoms with E-state index in [1.165, 1.54) is 17.3 Å². The Morgan fingerprint density at radius 2 is 1.92 bits per heavy atom. The van der Waals surface area contributed by atoms with Crippen LogP contribution in [0.1, 0.15) is 22.5 Å². The quantitative estimate of drug-likeness (QED) is 0.651. The molecule has 0 unspecified atom stereocenters. The molecule has 6 heteroatoms. The maximum Gasteiger partial charge on any atom is 0.234 e. The Kier molecular flexibility index (Phi) is 5.72. The van der Waals surface area contributed by atoms with E-state index in [1.54, 1.807) is 24.3 Å². The van der Waals surface area contributed by atoms with E-state index in [-0.39, 0.29) is 11.7 Å². The smallest absolute Gasteiger partial charge is 0.234 e. The zero-order chi connectivity index (χ0) is 18.4. The third-order valence-corrected chi connectivity index (χ3v) is 4.69. The maximum absolute atomic E-state index is 12.1. The van der Waals surface area contributed by atoms with Crippen molar-refractivity contribution in [1.29, 1.82) is 5.26 Å². The first-order valence-corrected chi connectivity index (χ1v) is 9.15. The van der Waals surface area contributed by atoms with E-state index >= 15 is 0 Å². The number of imidazole rings is 1. The first-order valence-electron chi connectivity index (χ1n) is 8.16. The van der Waals surface area contributed by atoms with Crippen LogP contribution in [-0.4, -0.2) is 21.6 Å². The van der Waals surface area contributed by atoms with Gasteiger partial charge in [0.15, 0.2) is 5.16 Å². The van der Waals surface area contributed by atoms with E-state index in [1.807, 2.05) is 31.2 Å². The van der Waals surface area contributed by atoms with Crippen molar-refractivity contribution in [2.45, 2.75) is 18.5 Å². The number of anilines is 1. The van der Waals surface area contributed by atoms with Gasteiger partial charge in [-0.3, -0.25) is 4.79 Å². The molecule has 3 aromatic rings. The summed E-state index contributed by atoms with van der Waals surface area (Å²) in [6.07, 6.45) is 0.765. The molecule has 0 aliphatic carbocycles. The van der Waals surface area contributed by atoms with Gasteiger partial charge in [-0.2, -0.15) is 5.26 Å². The van der Waals surface area contributed by atoms with E-state index in [2.05, 4.69) is 27.4 Å². The number of benzene rings is 2. The van der Waals surface area contributed by atoms with Crippen LogP contribution in [0.2, 0.25) is 0 Å². The minimum Gasteiger partial charge on any atom is -0.337 e. The summed E-state index contributed by atoms with van der Waals surface area (Å²) in [7, 11) is 0. The van der Waals surface area contributed by atoms with Crippen molar-refractivity contribution in [2.24, 2.45) is 0 Å². The molecule has 5 nitrogen and oxygen atoms in total. The third kappa shape index (κ3) is 4.74. The van der Waals surface area contributed by atoms with E-state index in [4.69, 9.17) is 5.26 Å². The number of hydrogen-bond acceptors (Lipinski definition) is 4. The highest BCUT2D eigenvalue weighted by atomic mass is 32.2. The normalized spacial score (nSPS) is 10.3. The molecule has 0 fully saturated rings. The summed E-state index contributed by atoms with van der Waals surface area (Å²) in [5, 5.41) is 12.3. The fraction of sp³-hybridized carbons (Fsp3) is 0.150. The van der Waals surface area contributed by atoms with Crippen LogP contribution in [-0.2, 0) is 11.2 Å². The predicted molar refractivity (Wildman–Crippen MR) is 103 cm³/mol. The average Bonchev–Trinajstić information content (AvgIpc) is 3.01. The Labute approximate surface area is 156 Å². The van der Waals surface area contributed by atoms with Gasteiger partial charge in [-0.1, -0.05) is 42.1 Å². The second-order valence-electron chi connectivity index (χ2n) is 5.80. The largest absolute Gasteiger partial charge is 0.337 e. The number of nitriles is 1. The molecule has 0 saturated carbocycles. The highest BCUT2D eigenvalue weighted by molar-refractivity contribution is 7.99. The topological polar surface area (TPSA) is 81.6 Å². The second-order valence-corrected chi connectivity index (χ2v) is 6.77. The fourth-order valence-electron chi connectivity index (χ4n) is 2.46. The standard InChI is InChI=1S/C20H18N4OS/c1-14-18(11-15-5-3-2-4-6-15)24-20(22-14)26-13-19(25)23-17-9-7-16(12-21)8-10-17/h2-10H,11,13H2,1H3,(H,22,24)(H,23,25). The highest BCUT2D eigenvalue weighted by Gasteiger charge is 2.10. The van der Waals surface area contributed by atoms with Crippen LogP contribution in [0.5, 0.6) is 0 Å². The number of aromatic amines is 1. The van der Waals surface area contributed by atoms with E-state index in [9.17, 15) is 4.79 Å². The van der Waals surface area contributed by atoms with Gasteiger partial charge < -0.3 is 10.3 Å². The van der Waals surface area contributed by atoms with E-state index in [0.717, 1.165) is 23.0 Å². The minimum absolute atomic E-state index is 0.113. The molecule has 2 aromatic carbocycles. The summed E-state index contributed by atoms with van der Waals surface area (Å²) in [6, 6.07) is 19.0. The molecule has 0 aliphatic heterocycles. The number of carbonyl (C=O) groups is 1. The molecule has 130 valence electrons. The summed E-state index contributed by atoms with van der Waals surface area (Å²) < 4.78 is 0. The molecule has 0 radical (unpaired) electrons. The Bertz CT molecular complexity index is 927. The lowest BCUT2D eigenvalue weighted by Gasteiger charge is -2.04. The van der Waals surface area contributed by atoms with Crippen LogP contribution in [0.25, 0.3) is 0 Å². The van der Waals surface area contributed by atoms with Gasteiger partial charge in [-0.15, -0.1) is 0 Å². The van der Waals surface area contributed by atoms with Crippen molar-refractivity contribution in [3.63, 3.8) is 0 Å². The lowest BCUT2D eigenvalue weighted by molar-refractivity contribution is -0.113. The van der Waals surface area contributed by atoms with Gasteiger partial charge in [0.2, 0.25) is 5.91 Å². The molecule has 0 spiro atoms. The maximum atomic E-state index is 12.1. The van der Waals surface area contributed by atoms with E-state index in [0.29, 0.717) is 11.3 Å². The molecule has 1 heterocycles. The lowest BCUT2D eigenvalue weighted by Crippen LogP contribution is -2.14. The molecular formula is C20H18N4OS. The van der Waals surface area contributed by atoms with Gasteiger partial charge in [0.25, 0.3) is 0 Å². The Morgan fingerprint density at radius 3 is 2.62 bits per heavy atom. The van der Waals surface area contributed by atoms with Crippen molar-refractivity contribution in [2.75, 3.05) is 11.1 Å². The number of H-pyrrole nitrogens is 1. The lowest BCUT2D eigenvalue weighted by atomic mass is 10.1. The van der Waals surface area contributed by atoms with Crippen LogP contribution >= 0.6 is 11.8 Å². The molecule has 0 aliphatic rings. The molecule has 0 bridgehead atoms. The number of aryl methyl sites for hydroxylation is 1. The molecule has 1 amide bonds. The zero-order valence-corrected chi connectivity index (χ0v) is 15.1. The molecule has 0 atom stereocenters. The van der Waals surface area contributed by atoms with E-state index < -0.39 is 0 Å². The average molecular weight is 362 g/mol. The van der Waals surface area contributed by atoms with Gasteiger partial charge >= 0.3 is 0 Å². The summed E-state index contributed by atoms with van der Waals surface area (Å²) >= 11 is 1.37. The van der Waals surface area contributed by atoms with Crippen molar-refractivity contribution in [3.8, 4) is 6.07 Å². The van der Waals surface area contributed by atoms with Crippen LogP contribution in [0.3, 0.4) is 0 Å². The first-order chi connectivity index (χ1) is 12.6. The van der Waals surface area contributed by atoms with Crippen LogP contribution in [0, 0.1) is 18.3 Å². The number of carbonyl (C=O) groups excluding carboxylic acids is 1. The predicted octanol–water partition coefficient (Wildman–Crippen LogP) is 3.91. The van der Waals surface area contributed by atoms with Gasteiger partial charge in [0.1, 0.15) is 0 Å². The summed E-state index contributed by atoms with van der Waals surface area (Å²) in [5.41, 5.74) is 4.46.